The SMILES string of the molecule is COc1ccc(CN(C(C)C2CC2)S(=O)(=O)c2ccc(C#N)cc2)cc1. The zero-order chi connectivity index (χ0) is 18.7. The van der Waals surface area contributed by atoms with Gasteiger partial charge in [-0.15, -0.1) is 0 Å². The maximum atomic E-state index is 13.3. The average molecular weight is 370 g/mol. The molecule has 5 nitrogen and oxygen atoms in total. The summed E-state index contributed by atoms with van der Waals surface area (Å²) < 4.78 is 33.3. The van der Waals surface area contributed by atoms with Crippen LogP contribution in [0.5, 0.6) is 5.75 Å². The van der Waals surface area contributed by atoms with E-state index in [4.69, 9.17) is 10.00 Å². The third kappa shape index (κ3) is 3.90. The molecule has 2 aromatic rings. The molecule has 1 saturated carbocycles. The Bertz CT molecular complexity index is 896. The number of rotatable bonds is 7. The first-order chi connectivity index (χ1) is 12.5. The molecule has 0 aliphatic heterocycles. The lowest BCUT2D eigenvalue weighted by Crippen LogP contribution is -2.39. The maximum Gasteiger partial charge on any atom is 0.243 e. The molecule has 1 aliphatic carbocycles. The normalized spacial score (nSPS) is 15.5. The van der Waals surface area contributed by atoms with Crippen molar-refractivity contribution in [2.45, 2.75) is 37.2 Å². The van der Waals surface area contributed by atoms with Crippen LogP contribution in [0.15, 0.2) is 53.4 Å². The zero-order valence-corrected chi connectivity index (χ0v) is 15.7. The minimum Gasteiger partial charge on any atom is -0.497 e. The Labute approximate surface area is 154 Å². The number of hydrogen-bond donors (Lipinski definition) is 0. The van der Waals surface area contributed by atoms with Gasteiger partial charge in [-0.05, 0) is 67.6 Å². The van der Waals surface area contributed by atoms with Crippen molar-refractivity contribution >= 4 is 10.0 Å². The third-order valence-electron chi connectivity index (χ3n) is 4.85. The summed E-state index contributed by atoms with van der Waals surface area (Å²) in [6.07, 6.45) is 2.12. The second kappa shape index (κ2) is 7.48. The van der Waals surface area contributed by atoms with Crippen LogP contribution in [-0.2, 0) is 16.6 Å². The summed E-state index contributed by atoms with van der Waals surface area (Å²) in [4.78, 5) is 0.220. The van der Waals surface area contributed by atoms with Gasteiger partial charge in [0.15, 0.2) is 0 Å². The van der Waals surface area contributed by atoms with Crippen molar-refractivity contribution in [3.8, 4) is 11.8 Å². The van der Waals surface area contributed by atoms with Crippen molar-refractivity contribution in [3.63, 3.8) is 0 Å². The summed E-state index contributed by atoms with van der Waals surface area (Å²) in [5, 5.41) is 8.93. The molecule has 136 valence electrons. The molecule has 0 amide bonds. The summed E-state index contributed by atoms with van der Waals surface area (Å²) >= 11 is 0. The van der Waals surface area contributed by atoms with E-state index >= 15 is 0 Å². The number of hydrogen-bond acceptors (Lipinski definition) is 4. The average Bonchev–Trinajstić information content (AvgIpc) is 3.51. The lowest BCUT2D eigenvalue weighted by molar-refractivity contribution is 0.303. The van der Waals surface area contributed by atoms with Gasteiger partial charge in [0.2, 0.25) is 10.0 Å². The summed E-state index contributed by atoms with van der Waals surface area (Å²) in [5.74, 6) is 1.15. The molecule has 0 bridgehead atoms. The number of sulfonamides is 1. The Morgan fingerprint density at radius 2 is 1.77 bits per heavy atom. The molecule has 2 aromatic carbocycles. The van der Waals surface area contributed by atoms with E-state index in [0.29, 0.717) is 18.0 Å². The molecular weight excluding hydrogens is 348 g/mol. The van der Waals surface area contributed by atoms with Crippen molar-refractivity contribution in [1.29, 1.82) is 5.26 Å². The van der Waals surface area contributed by atoms with Gasteiger partial charge in [-0.2, -0.15) is 9.57 Å². The van der Waals surface area contributed by atoms with Crippen LogP contribution in [-0.4, -0.2) is 25.9 Å². The molecule has 0 N–H and O–H groups in total. The summed E-state index contributed by atoms with van der Waals surface area (Å²) in [6.45, 7) is 2.28. The summed E-state index contributed by atoms with van der Waals surface area (Å²) in [7, 11) is -2.05. The zero-order valence-electron chi connectivity index (χ0n) is 14.9. The van der Waals surface area contributed by atoms with Crippen LogP contribution in [0.25, 0.3) is 0 Å². The molecule has 1 aliphatic rings. The number of nitriles is 1. The van der Waals surface area contributed by atoms with E-state index in [0.717, 1.165) is 24.2 Å². The first-order valence-corrected chi connectivity index (χ1v) is 10.0. The predicted molar refractivity (Wildman–Crippen MR) is 99.1 cm³/mol. The van der Waals surface area contributed by atoms with Gasteiger partial charge >= 0.3 is 0 Å². The van der Waals surface area contributed by atoms with Crippen LogP contribution in [0.3, 0.4) is 0 Å². The minimum absolute atomic E-state index is 0.0715. The standard InChI is InChI=1S/C20H22N2O3S/c1-15(18-7-8-18)22(14-17-3-9-19(25-2)10-4-17)26(23,24)20-11-5-16(13-21)6-12-20/h3-6,9-12,15,18H,7-8,14H2,1-2H3. The van der Waals surface area contributed by atoms with Gasteiger partial charge in [0.1, 0.15) is 5.75 Å². The van der Waals surface area contributed by atoms with Crippen molar-refractivity contribution in [3.05, 3.63) is 59.7 Å². The van der Waals surface area contributed by atoms with Crippen LogP contribution in [0.1, 0.15) is 30.9 Å². The maximum absolute atomic E-state index is 13.3. The summed E-state index contributed by atoms with van der Waals surface area (Å²) in [5.41, 5.74) is 1.36. The van der Waals surface area contributed by atoms with E-state index in [1.807, 2.05) is 37.3 Å². The van der Waals surface area contributed by atoms with E-state index in [9.17, 15) is 8.42 Å². The molecule has 0 aromatic heterocycles. The Kier molecular flexibility index (Phi) is 5.30. The van der Waals surface area contributed by atoms with Crippen molar-refractivity contribution in [1.82, 2.24) is 4.31 Å². The molecule has 0 saturated heterocycles. The predicted octanol–water partition coefficient (Wildman–Crippen LogP) is 3.56. The third-order valence-corrected chi connectivity index (χ3v) is 6.79. The number of ether oxygens (including phenoxy) is 1. The molecule has 1 unspecified atom stereocenters. The smallest absolute Gasteiger partial charge is 0.243 e. The highest BCUT2D eigenvalue weighted by Gasteiger charge is 2.38. The van der Waals surface area contributed by atoms with Gasteiger partial charge in [-0.1, -0.05) is 12.1 Å². The van der Waals surface area contributed by atoms with E-state index in [1.54, 1.807) is 23.5 Å². The molecular formula is C20H22N2O3S. The van der Waals surface area contributed by atoms with E-state index in [1.165, 1.54) is 12.1 Å². The molecule has 0 radical (unpaired) electrons. The van der Waals surface area contributed by atoms with E-state index in [2.05, 4.69) is 0 Å². The van der Waals surface area contributed by atoms with Crippen molar-refractivity contribution < 1.29 is 13.2 Å². The van der Waals surface area contributed by atoms with Gasteiger partial charge in [0.25, 0.3) is 0 Å². The fraction of sp³-hybridized carbons (Fsp3) is 0.350. The molecule has 0 spiro atoms. The van der Waals surface area contributed by atoms with Crippen LogP contribution in [0.2, 0.25) is 0 Å². The lowest BCUT2D eigenvalue weighted by Gasteiger charge is -2.28. The van der Waals surface area contributed by atoms with Crippen LogP contribution < -0.4 is 4.74 Å². The molecule has 6 heteroatoms. The van der Waals surface area contributed by atoms with Crippen molar-refractivity contribution in [2.75, 3.05) is 7.11 Å². The first-order valence-electron chi connectivity index (χ1n) is 8.60. The highest BCUT2D eigenvalue weighted by molar-refractivity contribution is 7.89. The molecule has 1 fully saturated rings. The highest BCUT2D eigenvalue weighted by atomic mass is 32.2. The minimum atomic E-state index is -3.65. The van der Waals surface area contributed by atoms with Crippen LogP contribution in [0.4, 0.5) is 0 Å². The quantitative estimate of drug-likeness (QED) is 0.747. The fourth-order valence-electron chi connectivity index (χ4n) is 3.01. The van der Waals surface area contributed by atoms with Gasteiger partial charge in [0.05, 0.1) is 23.6 Å². The Balaban J connectivity index is 1.92. The second-order valence-corrected chi connectivity index (χ2v) is 8.50. The molecule has 1 atom stereocenters. The van der Waals surface area contributed by atoms with Gasteiger partial charge in [-0.3, -0.25) is 0 Å². The first kappa shape index (κ1) is 18.4. The number of benzene rings is 2. The fourth-order valence-corrected chi connectivity index (χ4v) is 4.69. The molecule has 3 rings (SSSR count). The number of nitrogens with zero attached hydrogens (tertiary/aromatic N) is 2. The number of methoxy groups -OCH3 is 1. The summed E-state index contributed by atoms with van der Waals surface area (Å²) in [6, 6.07) is 15.5. The topological polar surface area (TPSA) is 70.4 Å². The lowest BCUT2D eigenvalue weighted by atomic mass is 10.1. The largest absolute Gasteiger partial charge is 0.497 e. The Morgan fingerprint density at radius 3 is 2.27 bits per heavy atom. The monoisotopic (exact) mass is 370 g/mol. The van der Waals surface area contributed by atoms with Crippen molar-refractivity contribution in [2.24, 2.45) is 5.92 Å². The van der Waals surface area contributed by atoms with Gasteiger partial charge in [0, 0.05) is 12.6 Å². The second-order valence-electron chi connectivity index (χ2n) is 6.61. The molecule has 26 heavy (non-hydrogen) atoms. The van der Waals surface area contributed by atoms with Gasteiger partial charge < -0.3 is 4.74 Å². The van der Waals surface area contributed by atoms with E-state index < -0.39 is 10.0 Å². The van der Waals surface area contributed by atoms with E-state index in [-0.39, 0.29) is 10.9 Å². The van der Waals surface area contributed by atoms with Crippen LogP contribution >= 0.6 is 0 Å². The van der Waals surface area contributed by atoms with Gasteiger partial charge in [-0.25, -0.2) is 8.42 Å². The van der Waals surface area contributed by atoms with Crippen LogP contribution in [0, 0.1) is 17.2 Å². The molecule has 0 heterocycles. The Hall–Kier alpha value is -2.36. The Morgan fingerprint density at radius 1 is 1.15 bits per heavy atom. The highest BCUT2D eigenvalue weighted by Crippen LogP contribution is 2.38.